The summed E-state index contributed by atoms with van der Waals surface area (Å²) in [5.41, 5.74) is 0. The van der Waals surface area contributed by atoms with E-state index in [-0.39, 0.29) is 25.4 Å². The summed E-state index contributed by atoms with van der Waals surface area (Å²) in [6.45, 7) is 4.61. The molecule has 0 aliphatic carbocycles. The molecule has 212 valence electrons. The van der Waals surface area contributed by atoms with Crippen LogP contribution < -0.4 is 5.32 Å². The average molecular weight is 515 g/mol. The lowest BCUT2D eigenvalue weighted by Gasteiger charge is -2.21. The van der Waals surface area contributed by atoms with E-state index < -0.39 is 11.9 Å². The van der Waals surface area contributed by atoms with Gasteiger partial charge in [-0.05, 0) is 6.42 Å². The molecular formula is C28H54N2O6. The highest BCUT2D eigenvalue weighted by atomic mass is 16.5. The lowest BCUT2D eigenvalue weighted by Crippen LogP contribution is -2.37. The number of unbranched alkanes of at least 4 members (excludes halogenated alkanes) is 14. The van der Waals surface area contributed by atoms with E-state index in [4.69, 9.17) is 14.9 Å². The zero-order valence-electron chi connectivity index (χ0n) is 22.9. The van der Waals surface area contributed by atoms with Crippen LogP contribution in [0.3, 0.4) is 0 Å². The minimum absolute atomic E-state index is 0.0161. The van der Waals surface area contributed by atoms with Crippen molar-refractivity contribution in [2.24, 2.45) is 0 Å². The molecule has 0 heterocycles. The highest BCUT2D eigenvalue weighted by molar-refractivity contribution is 5.75. The minimum atomic E-state index is -0.908. The normalized spacial score (nSPS) is 11.2. The highest BCUT2D eigenvalue weighted by Crippen LogP contribution is 2.13. The van der Waals surface area contributed by atoms with E-state index in [2.05, 4.69) is 12.2 Å². The van der Waals surface area contributed by atoms with Gasteiger partial charge in [0.1, 0.15) is 0 Å². The molecule has 36 heavy (non-hydrogen) atoms. The fourth-order valence-electron chi connectivity index (χ4n) is 4.14. The summed E-state index contributed by atoms with van der Waals surface area (Å²) in [5, 5.41) is 20.5. The van der Waals surface area contributed by atoms with E-state index in [0.29, 0.717) is 39.2 Å². The van der Waals surface area contributed by atoms with Gasteiger partial charge in [-0.2, -0.15) is 0 Å². The monoisotopic (exact) mass is 514 g/mol. The van der Waals surface area contributed by atoms with Crippen molar-refractivity contribution in [3.05, 3.63) is 0 Å². The summed E-state index contributed by atoms with van der Waals surface area (Å²) >= 11 is 0. The van der Waals surface area contributed by atoms with Crippen molar-refractivity contribution < 1.29 is 29.3 Å². The molecule has 0 radical (unpaired) electrons. The molecule has 0 unspecified atom stereocenters. The van der Waals surface area contributed by atoms with Crippen LogP contribution in [0.4, 0.5) is 0 Å². The van der Waals surface area contributed by atoms with Gasteiger partial charge < -0.3 is 20.3 Å². The smallest absolute Gasteiger partial charge is 0.305 e. The first-order valence-electron chi connectivity index (χ1n) is 14.5. The molecular weight excluding hydrogens is 460 g/mol. The molecule has 0 spiro atoms. The van der Waals surface area contributed by atoms with Crippen molar-refractivity contribution in [1.29, 1.82) is 0 Å². The Morgan fingerprint density at radius 2 is 1.11 bits per heavy atom. The Balaban J connectivity index is 3.63. The fourth-order valence-corrected chi connectivity index (χ4v) is 4.14. The van der Waals surface area contributed by atoms with E-state index in [1.54, 1.807) is 0 Å². The van der Waals surface area contributed by atoms with Gasteiger partial charge in [-0.1, -0.05) is 96.8 Å². The summed E-state index contributed by atoms with van der Waals surface area (Å²) in [4.78, 5) is 35.4. The lowest BCUT2D eigenvalue weighted by molar-refractivity contribution is -0.139. The first-order chi connectivity index (χ1) is 17.5. The zero-order valence-corrected chi connectivity index (χ0v) is 22.9. The number of nitrogens with zero attached hydrogens (tertiary/aromatic N) is 1. The number of carbonyl (C=O) groups is 3. The summed E-state index contributed by atoms with van der Waals surface area (Å²) in [7, 11) is 0. The number of aliphatic carboxylic acids is 2. The number of carbonyl (C=O) groups excluding carboxylic acids is 1. The molecule has 0 rings (SSSR count). The van der Waals surface area contributed by atoms with E-state index in [9.17, 15) is 14.4 Å². The van der Waals surface area contributed by atoms with E-state index in [1.807, 2.05) is 4.90 Å². The number of carboxylic acid groups (broad SMARTS) is 2. The number of rotatable bonds is 28. The third-order valence-corrected chi connectivity index (χ3v) is 6.41. The topological polar surface area (TPSA) is 116 Å². The quantitative estimate of drug-likeness (QED) is 0.116. The number of nitrogens with one attached hydrogen (secondary N) is 1. The molecule has 0 aromatic heterocycles. The second kappa shape index (κ2) is 26.4. The molecule has 0 saturated heterocycles. The largest absolute Gasteiger partial charge is 0.481 e. The van der Waals surface area contributed by atoms with Crippen molar-refractivity contribution in [1.82, 2.24) is 10.2 Å². The van der Waals surface area contributed by atoms with Crippen molar-refractivity contribution in [3.63, 3.8) is 0 Å². The molecule has 0 aromatic carbocycles. The van der Waals surface area contributed by atoms with Crippen LogP contribution in [-0.4, -0.2) is 72.4 Å². The molecule has 0 bridgehead atoms. The first kappa shape index (κ1) is 34.3. The molecule has 0 aromatic rings. The van der Waals surface area contributed by atoms with Crippen molar-refractivity contribution in [3.8, 4) is 0 Å². The number of hydrogen-bond donors (Lipinski definition) is 3. The van der Waals surface area contributed by atoms with Gasteiger partial charge in [-0.25, -0.2) is 0 Å². The summed E-state index contributed by atoms with van der Waals surface area (Å²) in [6.07, 6.45) is 20.0. The maximum Gasteiger partial charge on any atom is 0.305 e. The highest BCUT2D eigenvalue weighted by Gasteiger charge is 2.09. The number of carboxylic acids is 2. The van der Waals surface area contributed by atoms with Crippen LogP contribution >= 0.6 is 0 Å². The second-order valence-corrected chi connectivity index (χ2v) is 9.79. The molecule has 0 aliphatic heterocycles. The van der Waals surface area contributed by atoms with Crippen LogP contribution in [0, 0.1) is 0 Å². The molecule has 0 atom stereocenters. The maximum atomic E-state index is 12.1. The molecule has 0 saturated carbocycles. The predicted octanol–water partition coefficient (Wildman–Crippen LogP) is 5.63. The Bertz CT molecular complexity index is 544. The fraction of sp³-hybridized carbons (Fsp3) is 0.893. The molecule has 8 nitrogen and oxygen atoms in total. The average Bonchev–Trinajstić information content (AvgIpc) is 2.84. The van der Waals surface area contributed by atoms with Crippen molar-refractivity contribution in [2.75, 3.05) is 39.4 Å². The van der Waals surface area contributed by atoms with Crippen LogP contribution in [0.15, 0.2) is 0 Å². The molecule has 0 fully saturated rings. The summed E-state index contributed by atoms with van der Waals surface area (Å²) in [5.74, 6) is -1.74. The van der Waals surface area contributed by atoms with Gasteiger partial charge in [0.15, 0.2) is 0 Å². The van der Waals surface area contributed by atoms with Gasteiger partial charge in [0.25, 0.3) is 0 Å². The van der Waals surface area contributed by atoms with Crippen LogP contribution in [0.1, 0.15) is 122 Å². The third-order valence-electron chi connectivity index (χ3n) is 6.41. The van der Waals surface area contributed by atoms with Gasteiger partial charge in [0.2, 0.25) is 5.91 Å². The van der Waals surface area contributed by atoms with Crippen LogP contribution in [-0.2, 0) is 19.1 Å². The van der Waals surface area contributed by atoms with Crippen molar-refractivity contribution >= 4 is 17.8 Å². The Kier molecular flexibility index (Phi) is 25.2. The summed E-state index contributed by atoms with van der Waals surface area (Å²) in [6, 6.07) is 0. The van der Waals surface area contributed by atoms with Crippen LogP contribution in [0.25, 0.3) is 0 Å². The third kappa shape index (κ3) is 26.9. The number of amides is 1. The number of ether oxygens (including phenoxy) is 1. The second-order valence-electron chi connectivity index (χ2n) is 9.79. The van der Waals surface area contributed by atoms with Crippen molar-refractivity contribution in [2.45, 2.75) is 122 Å². The molecule has 3 N–H and O–H groups in total. The van der Waals surface area contributed by atoms with Gasteiger partial charge in [0, 0.05) is 32.6 Å². The van der Waals surface area contributed by atoms with Crippen LogP contribution in [0.2, 0.25) is 0 Å². The standard InChI is InChI=1S/C28H54N2O6/c1-2-3-4-5-6-7-8-9-10-11-12-13-14-15-16-17-26(31)29-20-22-30(21-18-27(32)33)23-25-36-24-19-28(34)35/h2-25H2,1H3,(H,29,31)(H,32,33)(H,34,35). The van der Waals surface area contributed by atoms with E-state index >= 15 is 0 Å². The number of hydrogen-bond acceptors (Lipinski definition) is 5. The van der Waals surface area contributed by atoms with Gasteiger partial charge >= 0.3 is 11.9 Å². The Morgan fingerprint density at radius 1 is 0.611 bits per heavy atom. The maximum absolute atomic E-state index is 12.1. The Labute approximate surface area is 219 Å². The summed E-state index contributed by atoms with van der Waals surface area (Å²) < 4.78 is 5.29. The first-order valence-corrected chi connectivity index (χ1v) is 14.5. The minimum Gasteiger partial charge on any atom is -0.481 e. The van der Waals surface area contributed by atoms with E-state index in [1.165, 1.54) is 83.5 Å². The zero-order chi connectivity index (χ0) is 26.7. The Hall–Kier alpha value is -1.67. The predicted molar refractivity (Wildman–Crippen MR) is 144 cm³/mol. The van der Waals surface area contributed by atoms with Gasteiger partial charge in [-0.3, -0.25) is 19.3 Å². The molecule has 0 aliphatic rings. The van der Waals surface area contributed by atoms with Gasteiger partial charge in [-0.15, -0.1) is 0 Å². The lowest BCUT2D eigenvalue weighted by atomic mass is 10.0. The molecule has 8 heteroatoms. The van der Waals surface area contributed by atoms with E-state index in [0.717, 1.165) is 12.8 Å². The van der Waals surface area contributed by atoms with Crippen LogP contribution in [0.5, 0.6) is 0 Å². The SMILES string of the molecule is CCCCCCCCCCCCCCCCCC(=O)NCCN(CCOCCC(=O)O)CCC(=O)O. The molecule has 1 amide bonds. The van der Waals surface area contributed by atoms with Gasteiger partial charge in [0.05, 0.1) is 26.1 Å². The Morgan fingerprint density at radius 3 is 1.61 bits per heavy atom.